The van der Waals surface area contributed by atoms with Crippen LogP contribution in [0.15, 0.2) is 0 Å². The van der Waals surface area contributed by atoms with E-state index in [1.165, 1.54) is 15.6 Å². The van der Waals surface area contributed by atoms with Crippen LogP contribution in [0.5, 0.6) is 0 Å². The lowest BCUT2D eigenvalue weighted by atomic mass is 9.87. The zero-order chi connectivity index (χ0) is 11.6. The minimum Gasteiger partial charge on any atom is -0.308 e. The Morgan fingerprint density at radius 3 is 2.27 bits per heavy atom. The number of aromatic nitrogens is 1. The summed E-state index contributed by atoms with van der Waals surface area (Å²) in [6.45, 7) is 14.1. The molecule has 1 aromatic heterocycles. The van der Waals surface area contributed by atoms with Crippen molar-refractivity contribution in [1.82, 2.24) is 10.3 Å². The molecular weight excluding hydrogens is 204 g/mol. The van der Waals surface area contributed by atoms with Crippen molar-refractivity contribution < 1.29 is 0 Å². The molecule has 0 spiro atoms. The van der Waals surface area contributed by atoms with E-state index in [-0.39, 0.29) is 5.41 Å². The van der Waals surface area contributed by atoms with E-state index in [9.17, 15) is 0 Å². The van der Waals surface area contributed by atoms with Crippen LogP contribution >= 0.6 is 11.3 Å². The van der Waals surface area contributed by atoms with Gasteiger partial charge in [-0.25, -0.2) is 4.98 Å². The van der Waals surface area contributed by atoms with Crippen molar-refractivity contribution in [2.45, 2.75) is 47.6 Å². The number of rotatable bonds is 3. The Labute approximate surface area is 97.1 Å². The lowest BCUT2D eigenvalue weighted by molar-refractivity contribution is 0.276. The Morgan fingerprint density at radius 2 is 1.93 bits per heavy atom. The van der Waals surface area contributed by atoms with Crippen LogP contribution in [0, 0.1) is 19.3 Å². The van der Waals surface area contributed by atoms with E-state index in [0.717, 1.165) is 6.54 Å². The zero-order valence-corrected chi connectivity index (χ0v) is 11.5. The molecule has 0 aliphatic carbocycles. The molecule has 0 aromatic carbocycles. The molecule has 0 fully saturated rings. The van der Waals surface area contributed by atoms with E-state index in [0.29, 0.717) is 6.04 Å². The normalized spacial score (nSPS) is 14.3. The lowest BCUT2D eigenvalue weighted by Crippen LogP contribution is -2.32. The van der Waals surface area contributed by atoms with Gasteiger partial charge in [-0.1, -0.05) is 27.7 Å². The predicted octanol–water partition coefficient (Wildman–Crippen LogP) is 3.46. The van der Waals surface area contributed by atoms with Gasteiger partial charge in [0.15, 0.2) is 0 Å². The second kappa shape index (κ2) is 4.62. The average molecular weight is 226 g/mol. The van der Waals surface area contributed by atoms with Gasteiger partial charge in [0.2, 0.25) is 0 Å². The van der Waals surface area contributed by atoms with Crippen LogP contribution < -0.4 is 5.32 Å². The molecule has 86 valence electrons. The largest absolute Gasteiger partial charge is 0.308 e. The van der Waals surface area contributed by atoms with Gasteiger partial charge in [-0.2, -0.15) is 0 Å². The van der Waals surface area contributed by atoms with Crippen LogP contribution in [-0.2, 0) is 0 Å². The zero-order valence-electron chi connectivity index (χ0n) is 10.6. The standard InChI is InChI=1S/C12H22N2S/c1-7-13-10(12(4,5)6)11-14-8(2)9(3)15-11/h10,13H,7H2,1-6H3. The third-order valence-corrected chi connectivity index (χ3v) is 3.70. The molecule has 3 heteroatoms. The van der Waals surface area contributed by atoms with Gasteiger partial charge in [-0.3, -0.25) is 0 Å². The first-order valence-corrected chi connectivity index (χ1v) is 6.35. The Morgan fingerprint density at radius 1 is 1.33 bits per heavy atom. The van der Waals surface area contributed by atoms with Crippen LogP contribution in [0.3, 0.4) is 0 Å². The van der Waals surface area contributed by atoms with Crippen LogP contribution in [-0.4, -0.2) is 11.5 Å². The van der Waals surface area contributed by atoms with E-state index in [1.807, 2.05) is 11.3 Å². The molecule has 0 aliphatic rings. The molecular formula is C12H22N2S. The fourth-order valence-electron chi connectivity index (χ4n) is 1.59. The highest BCUT2D eigenvalue weighted by Crippen LogP contribution is 2.35. The Balaban J connectivity index is 2.99. The van der Waals surface area contributed by atoms with E-state index in [4.69, 9.17) is 0 Å². The minimum absolute atomic E-state index is 0.215. The molecule has 1 atom stereocenters. The molecule has 1 aromatic rings. The third-order valence-electron chi connectivity index (χ3n) is 2.57. The molecule has 0 saturated carbocycles. The summed E-state index contributed by atoms with van der Waals surface area (Å²) in [6, 6.07) is 0.361. The summed E-state index contributed by atoms with van der Waals surface area (Å²) in [5, 5.41) is 4.75. The maximum absolute atomic E-state index is 4.65. The number of thiazole rings is 1. The number of nitrogens with one attached hydrogen (secondary N) is 1. The van der Waals surface area contributed by atoms with Crippen molar-refractivity contribution >= 4 is 11.3 Å². The lowest BCUT2D eigenvalue weighted by Gasteiger charge is -2.29. The summed E-state index contributed by atoms with van der Waals surface area (Å²) in [7, 11) is 0. The molecule has 0 saturated heterocycles. The van der Waals surface area contributed by atoms with Crippen molar-refractivity contribution in [3.05, 3.63) is 15.6 Å². The summed E-state index contributed by atoms with van der Waals surface area (Å²) in [5.74, 6) is 0. The van der Waals surface area contributed by atoms with Crippen LogP contribution in [0.25, 0.3) is 0 Å². The molecule has 15 heavy (non-hydrogen) atoms. The quantitative estimate of drug-likeness (QED) is 0.854. The molecule has 1 heterocycles. The fourth-order valence-corrected chi connectivity index (χ4v) is 2.83. The third kappa shape index (κ3) is 3.02. The van der Waals surface area contributed by atoms with Crippen molar-refractivity contribution in [3.8, 4) is 0 Å². The second-order valence-corrected chi connectivity index (χ2v) is 6.29. The highest BCUT2D eigenvalue weighted by Gasteiger charge is 2.28. The van der Waals surface area contributed by atoms with E-state index >= 15 is 0 Å². The molecule has 1 rings (SSSR count). The molecule has 0 radical (unpaired) electrons. The van der Waals surface area contributed by atoms with Gasteiger partial charge < -0.3 is 5.32 Å². The summed E-state index contributed by atoms with van der Waals surface area (Å²) >= 11 is 1.82. The van der Waals surface area contributed by atoms with Gasteiger partial charge in [0, 0.05) is 4.88 Å². The smallest absolute Gasteiger partial charge is 0.111 e. The van der Waals surface area contributed by atoms with Gasteiger partial charge in [0.05, 0.1) is 11.7 Å². The van der Waals surface area contributed by atoms with E-state index in [2.05, 4.69) is 51.8 Å². The Kier molecular flexibility index (Phi) is 3.90. The fraction of sp³-hybridized carbons (Fsp3) is 0.750. The van der Waals surface area contributed by atoms with Crippen molar-refractivity contribution in [1.29, 1.82) is 0 Å². The van der Waals surface area contributed by atoms with Gasteiger partial charge in [0.25, 0.3) is 0 Å². The number of aryl methyl sites for hydroxylation is 2. The molecule has 1 unspecified atom stereocenters. The molecule has 0 aliphatic heterocycles. The van der Waals surface area contributed by atoms with Crippen LogP contribution in [0.2, 0.25) is 0 Å². The van der Waals surface area contributed by atoms with Gasteiger partial charge in [0.1, 0.15) is 5.01 Å². The number of hydrogen-bond acceptors (Lipinski definition) is 3. The molecule has 1 N–H and O–H groups in total. The maximum atomic E-state index is 4.65. The van der Waals surface area contributed by atoms with E-state index in [1.54, 1.807) is 0 Å². The number of hydrogen-bond donors (Lipinski definition) is 1. The Bertz CT molecular complexity index is 303. The van der Waals surface area contributed by atoms with Gasteiger partial charge in [-0.15, -0.1) is 11.3 Å². The van der Waals surface area contributed by atoms with E-state index < -0.39 is 0 Å². The highest BCUT2D eigenvalue weighted by atomic mass is 32.1. The first kappa shape index (κ1) is 12.7. The summed E-state index contributed by atoms with van der Waals surface area (Å²) in [5.41, 5.74) is 1.38. The van der Waals surface area contributed by atoms with Crippen molar-refractivity contribution in [3.63, 3.8) is 0 Å². The SMILES string of the molecule is CCNC(c1nc(C)c(C)s1)C(C)(C)C. The van der Waals surface area contributed by atoms with Gasteiger partial charge in [-0.05, 0) is 25.8 Å². The van der Waals surface area contributed by atoms with Crippen LogP contribution in [0.4, 0.5) is 0 Å². The maximum Gasteiger partial charge on any atom is 0.111 e. The number of nitrogens with zero attached hydrogens (tertiary/aromatic N) is 1. The summed E-state index contributed by atoms with van der Waals surface area (Å²) in [6.07, 6.45) is 0. The van der Waals surface area contributed by atoms with Crippen molar-refractivity contribution in [2.24, 2.45) is 5.41 Å². The Hall–Kier alpha value is -0.410. The molecule has 0 bridgehead atoms. The summed E-state index contributed by atoms with van der Waals surface area (Å²) in [4.78, 5) is 5.98. The molecule has 2 nitrogen and oxygen atoms in total. The van der Waals surface area contributed by atoms with Crippen LogP contribution in [0.1, 0.15) is 49.3 Å². The second-order valence-electron chi connectivity index (χ2n) is 5.05. The minimum atomic E-state index is 0.215. The topological polar surface area (TPSA) is 24.9 Å². The summed E-state index contributed by atoms with van der Waals surface area (Å²) < 4.78 is 0. The monoisotopic (exact) mass is 226 g/mol. The first-order valence-electron chi connectivity index (χ1n) is 5.53. The van der Waals surface area contributed by atoms with Gasteiger partial charge >= 0.3 is 0 Å². The predicted molar refractivity (Wildman–Crippen MR) is 67.5 cm³/mol. The molecule has 0 amide bonds. The highest BCUT2D eigenvalue weighted by molar-refractivity contribution is 7.11. The average Bonchev–Trinajstić information content (AvgIpc) is 2.40. The first-order chi connectivity index (χ1) is 6.86. The van der Waals surface area contributed by atoms with Crippen molar-refractivity contribution in [2.75, 3.05) is 6.54 Å².